The quantitative estimate of drug-likeness (QED) is 0.620. The lowest BCUT2D eigenvalue weighted by Gasteiger charge is -2.08. The van der Waals surface area contributed by atoms with Crippen molar-refractivity contribution in [3.8, 4) is 0 Å². The van der Waals surface area contributed by atoms with Crippen molar-refractivity contribution in [3.05, 3.63) is 52.8 Å². The predicted molar refractivity (Wildman–Crippen MR) is 72.8 cm³/mol. The number of aromatic nitrogens is 2. The van der Waals surface area contributed by atoms with Crippen LogP contribution in [0.2, 0.25) is 0 Å². The molecule has 0 aliphatic rings. The van der Waals surface area contributed by atoms with Crippen molar-refractivity contribution >= 4 is 22.5 Å². The lowest BCUT2D eigenvalue weighted by molar-refractivity contribution is 0.555. The van der Waals surface area contributed by atoms with Crippen LogP contribution in [0.25, 0.3) is 11.1 Å². The van der Waals surface area contributed by atoms with Crippen LogP contribution in [0.4, 0.5) is 11.4 Å². The third-order valence-electron chi connectivity index (χ3n) is 2.80. The fourth-order valence-corrected chi connectivity index (χ4v) is 1.87. The number of nitrogens with two attached hydrogens (primary N) is 1. The summed E-state index contributed by atoms with van der Waals surface area (Å²) < 4.78 is 4.94. The van der Waals surface area contributed by atoms with Crippen LogP contribution in [0.15, 0.2) is 45.9 Å². The molecule has 96 valence electrons. The average Bonchev–Trinajstić information content (AvgIpc) is 2.76. The Bertz CT molecular complexity index is 761. The van der Waals surface area contributed by atoms with Gasteiger partial charge in [-0.25, -0.2) is 4.79 Å². The minimum Gasteiger partial charge on any atom is -0.408 e. The molecule has 0 aliphatic heterocycles. The number of hydrogen-bond acceptors (Lipinski definition) is 5. The van der Waals surface area contributed by atoms with E-state index >= 15 is 0 Å². The number of nitrogen functional groups attached to an aromatic ring is 1. The summed E-state index contributed by atoms with van der Waals surface area (Å²) >= 11 is 0. The highest BCUT2D eigenvalue weighted by atomic mass is 16.4. The molecule has 6 heteroatoms. The molecule has 0 bridgehead atoms. The van der Waals surface area contributed by atoms with Gasteiger partial charge in [0, 0.05) is 25.0 Å². The van der Waals surface area contributed by atoms with Crippen LogP contribution >= 0.6 is 0 Å². The molecule has 3 aromatic rings. The van der Waals surface area contributed by atoms with Crippen LogP contribution in [0.1, 0.15) is 5.56 Å². The summed E-state index contributed by atoms with van der Waals surface area (Å²) in [6, 6.07) is 7.22. The molecule has 19 heavy (non-hydrogen) atoms. The fourth-order valence-electron chi connectivity index (χ4n) is 1.87. The van der Waals surface area contributed by atoms with Gasteiger partial charge in [0.05, 0.1) is 16.9 Å². The Balaban J connectivity index is 1.88. The third-order valence-corrected chi connectivity index (χ3v) is 2.80. The van der Waals surface area contributed by atoms with Gasteiger partial charge in [0.2, 0.25) is 0 Å². The maximum absolute atomic E-state index is 11.1. The Morgan fingerprint density at radius 3 is 3.11 bits per heavy atom. The zero-order valence-corrected chi connectivity index (χ0v) is 10.0. The minimum atomic E-state index is -0.487. The van der Waals surface area contributed by atoms with Gasteiger partial charge in [0.25, 0.3) is 0 Å². The number of oxazole rings is 1. The summed E-state index contributed by atoms with van der Waals surface area (Å²) in [7, 11) is 0. The molecule has 0 atom stereocenters. The van der Waals surface area contributed by atoms with Crippen molar-refractivity contribution in [2.45, 2.75) is 6.54 Å². The molecule has 1 aromatic carbocycles. The Hall–Kier alpha value is -2.76. The second kappa shape index (κ2) is 4.49. The molecular formula is C13H12N4O2. The third kappa shape index (κ3) is 2.28. The SMILES string of the molecule is Nc1cc2oc(=O)[nH]c2cc1NCc1cccnc1. The molecule has 2 aromatic heterocycles. The summed E-state index contributed by atoms with van der Waals surface area (Å²) in [6.07, 6.45) is 3.50. The molecule has 2 heterocycles. The second-order valence-corrected chi connectivity index (χ2v) is 4.16. The largest absolute Gasteiger partial charge is 0.417 e. The Labute approximate surface area is 108 Å². The highest BCUT2D eigenvalue weighted by molar-refractivity contribution is 5.85. The fraction of sp³-hybridized carbons (Fsp3) is 0.0769. The van der Waals surface area contributed by atoms with Gasteiger partial charge in [0.15, 0.2) is 5.58 Å². The van der Waals surface area contributed by atoms with Crippen molar-refractivity contribution in [2.24, 2.45) is 0 Å². The van der Waals surface area contributed by atoms with E-state index in [1.165, 1.54) is 0 Å². The highest BCUT2D eigenvalue weighted by Gasteiger charge is 2.06. The smallest absolute Gasteiger partial charge is 0.408 e. The highest BCUT2D eigenvalue weighted by Crippen LogP contribution is 2.24. The molecule has 0 saturated heterocycles. The number of nitrogens with one attached hydrogen (secondary N) is 2. The topological polar surface area (TPSA) is 96.9 Å². The average molecular weight is 256 g/mol. The van der Waals surface area contributed by atoms with Gasteiger partial charge in [-0.2, -0.15) is 0 Å². The summed E-state index contributed by atoms with van der Waals surface area (Å²) in [5.74, 6) is -0.487. The van der Waals surface area contributed by atoms with Crippen LogP contribution in [0.3, 0.4) is 0 Å². The first-order valence-electron chi connectivity index (χ1n) is 5.77. The van der Waals surface area contributed by atoms with Crippen molar-refractivity contribution in [1.82, 2.24) is 9.97 Å². The van der Waals surface area contributed by atoms with Gasteiger partial charge in [0.1, 0.15) is 0 Å². The minimum absolute atomic E-state index is 0.453. The lowest BCUT2D eigenvalue weighted by atomic mass is 10.2. The Morgan fingerprint density at radius 2 is 2.32 bits per heavy atom. The van der Waals surface area contributed by atoms with E-state index in [0.717, 1.165) is 11.3 Å². The second-order valence-electron chi connectivity index (χ2n) is 4.16. The van der Waals surface area contributed by atoms with Crippen molar-refractivity contribution in [1.29, 1.82) is 0 Å². The molecule has 3 rings (SSSR count). The number of pyridine rings is 1. The molecule has 0 unspecified atom stereocenters. The molecule has 4 N–H and O–H groups in total. The first-order valence-corrected chi connectivity index (χ1v) is 5.77. The molecule has 0 aliphatic carbocycles. The first-order chi connectivity index (χ1) is 9.22. The number of nitrogens with zero attached hydrogens (tertiary/aromatic N) is 1. The first kappa shape index (κ1) is 11.3. The summed E-state index contributed by atoms with van der Waals surface area (Å²) in [6.45, 7) is 0.603. The number of anilines is 2. The van der Waals surface area contributed by atoms with E-state index in [1.807, 2.05) is 12.1 Å². The van der Waals surface area contributed by atoms with E-state index in [2.05, 4.69) is 15.3 Å². The van der Waals surface area contributed by atoms with Crippen LogP contribution in [-0.4, -0.2) is 9.97 Å². The molecule has 0 saturated carbocycles. The van der Waals surface area contributed by atoms with Crippen LogP contribution in [0, 0.1) is 0 Å². The number of rotatable bonds is 3. The molecule has 6 nitrogen and oxygen atoms in total. The van der Waals surface area contributed by atoms with E-state index < -0.39 is 5.76 Å². The normalized spacial score (nSPS) is 10.7. The van der Waals surface area contributed by atoms with E-state index in [0.29, 0.717) is 23.3 Å². The molecule has 0 radical (unpaired) electrons. The Kier molecular flexibility index (Phi) is 2.68. The standard InChI is InChI=1S/C13H12N4O2/c14-9-4-12-11(17-13(18)19-12)5-10(9)16-7-8-2-1-3-15-6-8/h1-6,16H,7,14H2,(H,17,18). The van der Waals surface area contributed by atoms with Crippen LogP contribution in [-0.2, 0) is 6.54 Å². The monoisotopic (exact) mass is 256 g/mol. The zero-order chi connectivity index (χ0) is 13.2. The molecule has 0 fully saturated rings. The number of fused-ring (bicyclic) bond motifs is 1. The lowest BCUT2D eigenvalue weighted by Crippen LogP contribution is -2.02. The number of aromatic amines is 1. The Morgan fingerprint density at radius 1 is 1.42 bits per heavy atom. The van der Waals surface area contributed by atoms with E-state index in [4.69, 9.17) is 10.2 Å². The van der Waals surface area contributed by atoms with Gasteiger partial charge < -0.3 is 15.5 Å². The van der Waals surface area contributed by atoms with Crippen LogP contribution in [0.5, 0.6) is 0 Å². The van der Waals surface area contributed by atoms with Gasteiger partial charge in [-0.15, -0.1) is 0 Å². The summed E-state index contributed by atoms with van der Waals surface area (Å²) in [5, 5.41) is 3.20. The van der Waals surface area contributed by atoms with Gasteiger partial charge in [-0.1, -0.05) is 6.07 Å². The van der Waals surface area contributed by atoms with E-state index in [-0.39, 0.29) is 0 Å². The number of H-pyrrole nitrogens is 1. The summed E-state index contributed by atoms with van der Waals surface area (Å²) in [5.41, 5.74) is 9.29. The van der Waals surface area contributed by atoms with E-state index in [9.17, 15) is 4.79 Å². The van der Waals surface area contributed by atoms with Gasteiger partial charge in [-0.05, 0) is 17.7 Å². The van der Waals surface area contributed by atoms with Gasteiger partial charge >= 0.3 is 5.76 Å². The van der Waals surface area contributed by atoms with Crippen molar-refractivity contribution in [2.75, 3.05) is 11.1 Å². The molecule has 0 amide bonds. The maximum atomic E-state index is 11.1. The van der Waals surface area contributed by atoms with E-state index in [1.54, 1.807) is 24.5 Å². The predicted octanol–water partition coefficient (Wildman–Crippen LogP) is 1.71. The van der Waals surface area contributed by atoms with Crippen LogP contribution < -0.4 is 16.8 Å². The van der Waals surface area contributed by atoms with Crippen molar-refractivity contribution < 1.29 is 4.42 Å². The maximum Gasteiger partial charge on any atom is 0.417 e. The number of hydrogen-bond donors (Lipinski definition) is 3. The zero-order valence-electron chi connectivity index (χ0n) is 10.0. The number of benzene rings is 1. The molecular weight excluding hydrogens is 244 g/mol. The van der Waals surface area contributed by atoms with Crippen molar-refractivity contribution in [3.63, 3.8) is 0 Å². The molecule has 0 spiro atoms. The summed E-state index contributed by atoms with van der Waals surface area (Å²) in [4.78, 5) is 17.7. The van der Waals surface area contributed by atoms with Gasteiger partial charge in [-0.3, -0.25) is 9.97 Å².